The van der Waals surface area contributed by atoms with Crippen molar-refractivity contribution in [3.63, 3.8) is 0 Å². The number of aromatic hydroxyl groups is 1. The highest BCUT2D eigenvalue weighted by atomic mass is 16.3. The van der Waals surface area contributed by atoms with Crippen LogP contribution in [0, 0.1) is 0 Å². The van der Waals surface area contributed by atoms with Gasteiger partial charge in [0.2, 0.25) is 0 Å². The van der Waals surface area contributed by atoms with Crippen molar-refractivity contribution in [2.75, 3.05) is 0 Å². The lowest BCUT2D eigenvalue weighted by Gasteiger charge is -2.26. The van der Waals surface area contributed by atoms with Crippen LogP contribution < -0.4 is 5.32 Å². The third-order valence-electron chi connectivity index (χ3n) is 4.99. The van der Waals surface area contributed by atoms with Gasteiger partial charge in [0.05, 0.1) is 6.04 Å². The Morgan fingerprint density at radius 3 is 2.26 bits per heavy atom. The van der Waals surface area contributed by atoms with Crippen LogP contribution in [0.25, 0.3) is 10.8 Å². The number of fused-ring (bicyclic) bond motifs is 1. The first-order valence-electron chi connectivity index (χ1n) is 9.15. The van der Waals surface area contributed by atoms with Crippen molar-refractivity contribution in [1.82, 2.24) is 10.3 Å². The monoisotopic (exact) mass is 354 g/mol. The molecule has 1 aromatic heterocycles. The normalized spacial score (nSPS) is 13.4. The van der Waals surface area contributed by atoms with Gasteiger partial charge in [-0.1, -0.05) is 60.7 Å². The summed E-state index contributed by atoms with van der Waals surface area (Å²) in [5.74, 6) is 0.295. The summed E-state index contributed by atoms with van der Waals surface area (Å²) in [5.41, 5.74) is 3.16. The number of hydrogen-bond acceptors (Lipinski definition) is 3. The second kappa shape index (κ2) is 7.60. The molecule has 0 bridgehead atoms. The van der Waals surface area contributed by atoms with E-state index in [1.165, 1.54) is 5.56 Å². The third-order valence-corrected chi connectivity index (χ3v) is 4.99. The first kappa shape index (κ1) is 17.3. The Hall–Kier alpha value is -3.17. The number of phenols is 1. The number of nitrogens with one attached hydrogen (secondary N) is 1. The van der Waals surface area contributed by atoms with Gasteiger partial charge < -0.3 is 5.11 Å². The zero-order chi connectivity index (χ0) is 18.6. The summed E-state index contributed by atoms with van der Waals surface area (Å²) in [6.07, 6.45) is 3.58. The maximum atomic E-state index is 10.8. The average molecular weight is 354 g/mol. The van der Waals surface area contributed by atoms with E-state index >= 15 is 0 Å². The van der Waals surface area contributed by atoms with Crippen LogP contribution in [0.1, 0.15) is 35.7 Å². The van der Waals surface area contributed by atoms with E-state index in [0.29, 0.717) is 5.75 Å². The van der Waals surface area contributed by atoms with Crippen molar-refractivity contribution in [2.24, 2.45) is 0 Å². The lowest BCUT2D eigenvalue weighted by Crippen LogP contribution is -2.26. The molecule has 134 valence electrons. The maximum absolute atomic E-state index is 10.8. The lowest BCUT2D eigenvalue weighted by atomic mass is 9.92. The second-order valence-corrected chi connectivity index (χ2v) is 6.73. The van der Waals surface area contributed by atoms with Crippen molar-refractivity contribution >= 4 is 10.8 Å². The minimum Gasteiger partial charge on any atom is -0.508 e. The zero-order valence-electron chi connectivity index (χ0n) is 15.2. The summed E-state index contributed by atoms with van der Waals surface area (Å²) in [6.45, 7) is 2.14. The first-order chi connectivity index (χ1) is 13.2. The predicted octanol–water partition coefficient (Wildman–Crippen LogP) is 5.38. The molecule has 27 heavy (non-hydrogen) atoms. The molecule has 2 N–H and O–H groups in total. The number of aromatic nitrogens is 1. The standard InChI is InChI=1S/C24H22N2O/c1-17(18-7-3-2-4-8-18)26-24(20-13-15-25-16-14-20)23-21-10-6-5-9-19(21)11-12-22(23)27/h2-17,24,26-27H,1H3. The fraction of sp³-hybridized carbons (Fsp3) is 0.125. The number of benzene rings is 3. The molecule has 4 rings (SSSR count). The van der Waals surface area contributed by atoms with Crippen molar-refractivity contribution in [3.8, 4) is 5.75 Å². The molecule has 0 amide bonds. The highest BCUT2D eigenvalue weighted by Crippen LogP contribution is 2.37. The molecule has 3 aromatic carbocycles. The van der Waals surface area contributed by atoms with Crippen LogP contribution in [0.5, 0.6) is 5.75 Å². The van der Waals surface area contributed by atoms with Crippen LogP contribution >= 0.6 is 0 Å². The fourth-order valence-electron chi connectivity index (χ4n) is 3.58. The number of phenolic OH excluding ortho intramolecular Hbond substituents is 1. The minimum absolute atomic E-state index is 0.114. The summed E-state index contributed by atoms with van der Waals surface area (Å²) in [4.78, 5) is 4.15. The Morgan fingerprint density at radius 1 is 0.778 bits per heavy atom. The van der Waals surface area contributed by atoms with Gasteiger partial charge in [-0.2, -0.15) is 0 Å². The van der Waals surface area contributed by atoms with E-state index < -0.39 is 0 Å². The van der Waals surface area contributed by atoms with Crippen molar-refractivity contribution in [2.45, 2.75) is 19.0 Å². The summed E-state index contributed by atoms with van der Waals surface area (Å²) in [5, 5.41) is 16.6. The van der Waals surface area contributed by atoms with Gasteiger partial charge in [-0.25, -0.2) is 0 Å². The van der Waals surface area contributed by atoms with Gasteiger partial charge in [-0.3, -0.25) is 10.3 Å². The molecule has 0 fully saturated rings. The van der Waals surface area contributed by atoms with Crippen LogP contribution in [-0.2, 0) is 0 Å². The highest BCUT2D eigenvalue weighted by Gasteiger charge is 2.22. The Balaban J connectivity index is 1.84. The van der Waals surface area contributed by atoms with E-state index in [0.717, 1.165) is 21.9 Å². The Labute approximate surface area is 159 Å². The van der Waals surface area contributed by atoms with Crippen LogP contribution in [0.3, 0.4) is 0 Å². The molecule has 0 aliphatic rings. The van der Waals surface area contributed by atoms with E-state index in [1.54, 1.807) is 18.5 Å². The van der Waals surface area contributed by atoms with E-state index in [2.05, 4.69) is 41.5 Å². The van der Waals surface area contributed by atoms with Crippen LogP contribution in [0.2, 0.25) is 0 Å². The van der Waals surface area contributed by atoms with Gasteiger partial charge in [-0.15, -0.1) is 0 Å². The van der Waals surface area contributed by atoms with Gasteiger partial charge >= 0.3 is 0 Å². The van der Waals surface area contributed by atoms with Gasteiger partial charge in [0, 0.05) is 24.0 Å². The topological polar surface area (TPSA) is 45.2 Å². The smallest absolute Gasteiger partial charge is 0.121 e. The largest absolute Gasteiger partial charge is 0.508 e. The van der Waals surface area contributed by atoms with Crippen LogP contribution in [-0.4, -0.2) is 10.1 Å². The van der Waals surface area contributed by atoms with Crippen molar-refractivity contribution in [3.05, 3.63) is 108 Å². The van der Waals surface area contributed by atoms with Gasteiger partial charge in [0.25, 0.3) is 0 Å². The highest BCUT2D eigenvalue weighted by molar-refractivity contribution is 5.88. The predicted molar refractivity (Wildman–Crippen MR) is 110 cm³/mol. The molecular formula is C24H22N2O. The van der Waals surface area contributed by atoms with Gasteiger partial charge in [-0.05, 0) is 47.0 Å². The van der Waals surface area contributed by atoms with E-state index in [1.807, 2.05) is 48.5 Å². The Kier molecular flexibility index (Phi) is 4.86. The molecule has 0 spiro atoms. The quantitative estimate of drug-likeness (QED) is 0.506. The minimum atomic E-state index is -0.158. The SMILES string of the molecule is CC(NC(c1ccncc1)c1c(O)ccc2ccccc12)c1ccccc1. The number of nitrogens with zero attached hydrogens (tertiary/aromatic N) is 1. The lowest BCUT2D eigenvalue weighted by molar-refractivity contribution is 0.449. The molecule has 2 atom stereocenters. The molecule has 0 saturated carbocycles. The fourth-order valence-corrected chi connectivity index (χ4v) is 3.58. The van der Waals surface area contributed by atoms with Crippen LogP contribution in [0.4, 0.5) is 0 Å². The summed E-state index contributed by atoms with van der Waals surface area (Å²) >= 11 is 0. The molecular weight excluding hydrogens is 332 g/mol. The molecule has 2 unspecified atom stereocenters. The van der Waals surface area contributed by atoms with E-state index in [-0.39, 0.29) is 12.1 Å². The van der Waals surface area contributed by atoms with Crippen molar-refractivity contribution < 1.29 is 5.11 Å². The summed E-state index contributed by atoms with van der Waals surface area (Å²) in [7, 11) is 0. The molecule has 4 aromatic rings. The Morgan fingerprint density at radius 2 is 1.48 bits per heavy atom. The molecule has 0 aliphatic heterocycles. The van der Waals surface area contributed by atoms with E-state index in [9.17, 15) is 5.11 Å². The van der Waals surface area contributed by atoms with Crippen molar-refractivity contribution in [1.29, 1.82) is 0 Å². The molecule has 3 nitrogen and oxygen atoms in total. The van der Waals surface area contributed by atoms with E-state index in [4.69, 9.17) is 0 Å². The Bertz CT molecular complexity index is 1030. The third kappa shape index (κ3) is 3.55. The first-order valence-corrected chi connectivity index (χ1v) is 9.15. The second-order valence-electron chi connectivity index (χ2n) is 6.73. The molecule has 3 heteroatoms. The van der Waals surface area contributed by atoms with Gasteiger partial charge in [0.1, 0.15) is 5.75 Å². The molecule has 0 radical (unpaired) electrons. The number of pyridine rings is 1. The molecule has 0 aliphatic carbocycles. The maximum Gasteiger partial charge on any atom is 0.121 e. The summed E-state index contributed by atoms with van der Waals surface area (Å²) < 4.78 is 0. The molecule has 1 heterocycles. The molecule has 0 saturated heterocycles. The van der Waals surface area contributed by atoms with Crippen LogP contribution in [0.15, 0.2) is 91.3 Å². The zero-order valence-corrected chi connectivity index (χ0v) is 15.2. The number of hydrogen-bond donors (Lipinski definition) is 2. The average Bonchev–Trinajstić information content (AvgIpc) is 2.73. The number of rotatable bonds is 5. The summed E-state index contributed by atoms with van der Waals surface area (Å²) in [6, 6.07) is 26.2. The van der Waals surface area contributed by atoms with Gasteiger partial charge in [0.15, 0.2) is 0 Å².